The average molecular weight is 314 g/mol. The molecule has 2 aromatic rings. The first-order valence-corrected chi connectivity index (χ1v) is 7.24. The zero-order valence-electron chi connectivity index (χ0n) is 11.9. The van der Waals surface area contributed by atoms with Gasteiger partial charge in [-0.15, -0.1) is 0 Å². The molecule has 0 fully saturated rings. The highest BCUT2D eigenvalue weighted by molar-refractivity contribution is 8.14. The highest BCUT2D eigenvalue weighted by Crippen LogP contribution is 2.25. The number of hydrogen-bond acceptors (Lipinski definition) is 5. The number of carbonyl (C=O) groups excluding carboxylic acids is 2. The molecule has 0 heterocycles. The normalized spacial score (nSPS) is 9.86. The molecule has 0 spiro atoms. The topological polar surface area (TPSA) is 52.6 Å². The minimum atomic E-state index is -0.535. The van der Waals surface area contributed by atoms with E-state index < -0.39 is 5.97 Å². The Labute approximate surface area is 132 Å². The maximum Gasteiger partial charge on any atom is 0.335 e. The molecule has 0 radical (unpaired) electrons. The van der Waals surface area contributed by atoms with Gasteiger partial charge in [0.2, 0.25) is 5.12 Å². The van der Waals surface area contributed by atoms with Gasteiger partial charge in [-0.2, -0.15) is 0 Å². The maximum absolute atomic E-state index is 12.2. The van der Waals surface area contributed by atoms with Crippen LogP contribution in [0.4, 0.5) is 0 Å². The molecule has 5 heteroatoms. The minimum absolute atomic E-state index is 0.0910. The molecule has 112 valence electrons. The van der Waals surface area contributed by atoms with Crippen LogP contribution in [0.15, 0.2) is 66.1 Å². The summed E-state index contributed by atoms with van der Waals surface area (Å²) in [6.45, 7) is 3.32. The monoisotopic (exact) mass is 314 g/mol. The Bertz CT molecular complexity index is 675. The van der Waals surface area contributed by atoms with Crippen molar-refractivity contribution in [2.24, 2.45) is 0 Å². The highest BCUT2D eigenvalue weighted by Gasteiger charge is 2.09. The third kappa shape index (κ3) is 4.23. The molecule has 0 aromatic heterocycles. The third-order valence-corrected chi connectivity index (χ3v) is 3.67. The van der Waals surface area contributed by atoms with Crippen molar-refractivity contribution >= 4 is 22.8 Å². The van der Waals surface area contributed by atoms with Gasteiger partial charge in [0.25, 0.3) is 0 Å². The van der Waals surface area contributed by atoms with E-state index in [0.717, 1.165) is 28.5 Å². The van der Waals surface area contributed by atoms with Gasteiger partial charge < -0.3 is 9.47 Å². The van der Waals surface area contributed by atoms with Crippen molar-refractivity contribution < 1.29 is 19.1 Å². The van der Waals surface area contributed by atoms with Crippen LogP contribution in [-0.2, 0) is 4.79 Å². The van der Waals surface area contributed by atoms with Crippen LogP contribution in [0.5, 0.6) is 11.5 Å². The van der Waals surface area contributed by atoms with Gasteiger partial charge in [0.1, 0.15) is 11.5 Å². The smallest absolute Gasteiger partial charge is 0.335 e. The molecule has 22 heavy (non-hydrogen) atoms. The number of hydrogen-bond donors (Lipinski definition) is 0. The van der Waals surface area contributed by atoms with Crippen molar-refractivity contribution in [3.8, 4) is 11.5 Å². The molecule has 4 nitrogen and oxygen atoms in total. The molecular weight excluding hydrogens is 300 g/mol. The van der Waals surface area contributed by atoms with Crippen LogP contribution in [-0.4, -0.2) is 18.2 Å². The quantitative estimate of drug-likeness (QED) is 0.364. The number of benzene rings is 2. The first-order valence-electron chi connectivity index (χ1n) is 6.43. The second kappa shape index (κ2) is 7.47. The number of rotatable bonds is 5. The van der Waals surface area contributed by atoms with Crippen LogP contribution in [0.25, 0.3) is 0 Å². The molecule has 0 aliphatic carbocycles. The molecule has 2 aromatic carbocycles. The molecule has 0 saturated heterocycles. The first kappa shape index (κ1) is 15.9. The van der Waals surface area contributed by atoms with Crippen molar-refractivity contribution in [2.75, 3.05) is 7.11 Å². The standard InChI is InChI=1S/C17H14O4S/c1-3-16(18)21-14-6-4-12(5-7-14)17(19)22-15-10-8-13(20-2)9-11-15/h3-11H,1H2,2H3. The molecule has 0 aliphatic heterocycles. The summed E-state index contributed by atoms with van der Waals surface area (Å²) in [7, 11) is 1.59. The van der Waals surface area contributed by atoms with E-state index in [1.165, 1.54) is 0 Å². The number of methoxy groups -OCH3 is 1. The average Bonchev–Trinajstić information content (AvgIpc) is 2.56. The van der Waals surface area contributed by atoms with E-state index in [9.17, 15) is 9.59 Å². The molecule has 0 N–H and O–H groups in total. The van der Waals surface area contributed by atoms with Gasteiger partial charge >= 0.3 is 5.97 Å². The Kier molecular flexibility index (Phi) is 5.38. The summed E-state index contributed by atoms with van der Waals surface area (Å²) in [5.41, 5.74) is 0.527. The number of ether oxygens (including phenoxy) is 2. The van der Waals surface area contributed by atoms with Crippen molar-refractivity contribution in [1.82, 2.24) is 0 Å². The number of esters is 1. The molecule has 0 aliphatic rings. The number of thioether (sulfide) groups is 1. The molecule has 0 unspecified atom stereocenters. The zero-order chi connectivity index (χ0) is 15.9. The first-order chi connectivity index (χ1) is 10.6. The van der Waals surface area contributed by atoms with Gasteiger partial charge in [-0.05, 0) is 60.3 Å². The van der Waals surface area contributed by atoms with E-state index in [1.54, 1.807) is 43.5 Å². The van der Waals surface area contributed by atoms with Crippen LogP contribution in [0.3, 0.4) is 0 Å². The van der Waals surface area contributed by atoms with Gasteiger partial charge in [-0.3, -0.25) is 4.79 Å². The lowest BCUT2D eigenvalue weighted by Gasteiger charge is -2.04. The summed E-state index contributed by atoms with van der Waals surface area (Å²) in [4.78, 5) is 24.1. The summed E-state index contributed by atoms with van der Waals surface area (Å²) < 4.78 is 10.0. The summed E-state index contributed by atoms with van der Waals surface area (Å²) in [5, 5.41) is -0.0910. The van der Waals surface area contributed by atoms with Gasteiger partial charge in [-0.1, -0.05) is 6.58 Å². The molecule has 0 amide bonds. The second-order valence-electron chi connectivity index (χ2n) is 4.21. The second-order valence-corrected chi connectivity index (χ2v) is 5.26. The van der Waals surface area contributed by atoms with Crippen molar-refractivity contribution in [2.45, 2.75) is 4.90 Å². The van der Waals surface area contributed by atoms with Gasteiger partial charge in [-0.25, -0.2) is 4.79 Å². The Morgan fingerprint density at radius 3 is 2.14 bits per heavy atom. The van der Waals surface area contributed by atoms with E-state index in [0.29, 0.717) is 11.3 Å². The van der Waals surface area contributed by atoms with E-state index >= 15 is 0 Å². The molecule has 0 bridgehead atoms. The molecule has 0 atom stereocenters. The fourth-order valence-electron chi connectivity index (χ4n) is 1.63. The van der Waals surface area contributed by atoms with Crippen LogP contribution in [0, 0.1) is 0 Å². The van der Waals surface area contributed by atoms with E-state index in [4.69, 9.17) is 9.47 Å². The highest BCUT2D eigenvalue weighted by atomic mass is 32.2. The largest absolute Gasteiger partial charge is 0.497 e. The zero-order valence-corrected chi connectivity index (χ0v) is 12.8. The number of carbonyl (C=O) groups is 2. The maximum atomic E-state index is 12.2. The summed E-state index contributed by atoms with van der Waals surface area (Å²) >= 11 is 1.12. The lowest BCUT2D eigenvalue weighted by molar-refractivity contribution is -0.128. The van der Waals surface area contributed by atoms with Crippen LogP contribution >= 0.6 is 11.8 Å². The van der Waals surface area contributed by atoms with E-state index in [1.807, 2.05) is 12.1 Å². The van der Waals surface area contributed by atoms with Gasteiger partial charge in [0.05, 0.1) is 7.11 Å². The van der Waals surface area contributed by atoms with E-state index in [2.05, 4.69) is 6.58 Å². The van der Waals surface area contributed by atoms with Gasteiger partial charge in [0.15, 0.2) is 0 Å². The predicted molar refractivity (Wildman–Crippen MR) is 85.5 cm³/mol. The van der Waals surface area contributed by atoms with Crippen LogP contribution in [0.1, 0.15) is 10.4 Å². The Morgan fingerprint density at radius 1 is 1.00 bits per heavy atom. The van der Waals surface area contributed by atoms with E-state index in [-0.39, 0.29) is 5.12 Å². The van der Waals surface area contributed by atoms with Crippen molar-refractivity contribution in [3.05, 3.63) is 66.7 Å². The lowest BCUT2D eigenvalue weighted by atomic mass is 10.2. The summed E-state index contributed by atoms with van der Waals surface area (Å²) in [5.74, 6) is 0.577. The fourth-order valence-corrected chi connectivity index (χ4v) is 2.37. The SMILES string of the molecule is C=CC(=O)Oc1ccc(C(=O)Sc2ccc(OC)cc2)cc1. The Morgan fingerprint density at radius 2 is 1.59 bits per heavy atom. The third-order valence-electron chi connectivity index (χ3n) is 2.75. The Balaban J connectivity index is 2.02. The lowest BCUT2D eigenvalue weighted by Crippen LogP contribution is -2.03. The summed E-state index contributed by atoms with van der Waals surface area (Å²) in [6, 6.07) is 13.6. The molecular formula is C17H14O4S. The molecule has 2 rings (SSSR count). The van der Waals surface area contributed by atoms with Crippen molar-refractivity contribution in [1.29, 1.82) is 0 Å². The van der Waals surface area contributed by atoms with Crippen LogP contribution < -0.4 is 9.47 Å². The minimum Gasteiger partial charge on any atom is -0.497 e. The fraction of sp³-hybridized carbons (Fsp3) is 0.0588. The molecule has 0 saturated carbocycles. The predicted octanol–water partition coefficient (Wildman–Crippen LogP) is 3.72. The van der Waals surface area contributed by atoms with Crippen LogP contribution in [0.2, 0.25) is 0 Å². The van der Waals surface area contributed by atoms with Gasteiger partial charge in [0, 0.05) is 16.5 Å². The Hall–Kier alpha value is -2.53. The van der Waals surface area contributed by atoms with Crippen molar-refractivity contribution in [3.63, 3.8) is 0 Å². The summed E-state index contributed by atoms with van der Waals surface area (Å²) in [6.07, 6.45) is 1.08.